The molecule has 8 heteroatoms. The predicted molar refractivity (Wildman–Crippen MR) is 68.3 cm³/mol. The van der Waals surface area contributed by atoms with Crippen LogP contribution in [0.3, 0.4) is 0 Å². The molecule has 1 unspecified atom stereocenters. The number of halogens is 2. The van der Waals surface area contributed by atoms with Crippen LogP contribution in [-0.4, -0.2) is 31.7 Å². The summed E-state index contributed by atoms with van der Waals surface area (Å²) >= 11 is 6.88. The molecule has 0 aliphatic carbocycles. The minimum absolute atomic E-state index is 0. The number of nitrogens with zero attached hydrogens (tertiary/aromatic N) is 1. The fourth-order valence-electron chi connectivity index (χ4n) is 1.60. The summed E-state index contributed by atoms with van der Waals surface area (Å²) in [7, 11) is -3.05. The molecule has 0 saturated carbocycles. The first-order valence-corrected chi connectivity index (χ1v) is 7.51. The van der Waals surface area contributed by atoms with E-state index in [-0.39, 0.29) is 23.4 Å². The van der Waals surface area contributed by atoms with Gasteiger partial charge in [0.05, 0.1) is 11.0 Å². The van der Waals surface area contributed by atoms with Crippen LogP contribution in [0.25, 0.3) is 0 Å². The molecule has 2 rings (SSSR count). The first-order chi connectivity index (χ1) is 7.08. The highest BCUT2D eigenvalue weighted by atomic mass is 35.5. The van der Waals surface area contributed by atoms with Gasteiger partial charge in [0.25, 0.3) is 0 Å². The molecule has 1 fully saturated rings. The van der Waals surface area contributed by atoms with Crippen molar-refractivity contribution in [3.8, 4) is 0 Å². The Labute approximate surface area is 110 Å². The van der Waals surface area contributed by atoms with Crippen LogP contribution in [0.1, 0.15) is 11.3 Å². The van der Waals surface area contributed by atoms with E-state index in [1.54, 1.807) is 0 Å². The van der Waals surface area contributed by atoms with E-state index in [0.29, 0.717) is 22.3 Å². The van der Waals surface area contributed by atoms with Gasteiger partial charge in [-0.25, -0.2) is 13.4 Å². The summed E-state index contributed by atoms with van der Waals surface area (Å²) < 4.78 is 24.2. The zero-order chi connectivity index (χ0) is 10.9. The van der Waals surface area contributed by atoms with Crippen molar-refractivity contribution in [2.45, 2.75) is 17.4 Å². The van der Waals surface area contributed by atoms with Crippen LogP contribution in [0.5, 0.6) is 0 Å². The van der Waals surface area contributed by atoms with E-state index < -0.39 is 9.84 Å². The van der Waals surface area contributed by atoms with Gasteiger partial charge in [-0.3, -0.25) is 0 Å². The van der Waals surface area contributed by atoms with Crippen LogP contribution in [0, 0.1) is 0 Å². The van der Waals surface area contributed by atoms with Gasteiger partial charge in [0.1, 0.15) is 0 Å². The Bertz CT molecular complexity index is 441. The maximum atomic E-state index is 11.9. The Morgan fingerprint density at radius 2 is 2.38 bits per heavy atom. The Kier molecular flexibility index (Phi) is 5.00. The second-order valence-electron chi connectivity index (χ2n) is 3.50. The van der Waals surface area contributed by atoms with E-state index in [4.69, 9.17) is 11.6 Å². The van der Waals surface area contributed by atoms with Crippen molar-refractivity contribution in [3.63, 3.8) is 0 Å². The molecule has 1 aliphatic rings. The molecule has 4 nitrogen and oxygen atoms in total. The lowest BCUT2D eigenvalue weighted by Crippen LogP contribution is -2.24. The third-order valence-electron chi connectivity index (χ3n) is 2.39. The van der Waals surface area contributed by atoms with Crippen molar-refractivity contribution >= 4 is 45.2 Å². The number of nitrogens with one attached hydrogen (secondary N) is 1. The molecule has 1 aromatic rings. The van der Waals surface area contributed by atoms with Gasteiger partial charge in [0, 0.05) is 17.6 Å². The quantitative estimate of drug-likeness (QED) is 0.919. The monoisotopic (exact) mass is 302 g/mol. The molecule has 92 valence electrons. The molecule has 1 saturated heterocycles. The van der Waals surface area contributed by atoms with Gasteiger partial charge in [0.15, 0.2) is 14.3 Å². The lowest BCUT2D eigenvalue weighted by atomic mass is 10.4. The molecule has 1 atom stereocenters. The fraction of sp³-hybridized carbons (Fsp3) is 0.625. The van der Waals surface area contributed by atoms with E-state index in [9.17, 15) is 8.42 Å². The highest BCUT2D eigenvalue weighted by molar-refractivity contribution is 7.91. The normalized spacial score (nSPS) is 20.7. The third kappa shape index (κ3) is 3.30. The van der Waals surface area contributed by atoms with Crippen LogP contribution in [0.2, 0.25) is 4.47 Å². The summed E-state index contributed by atoms with van der Waals surface area (Å²) in [6.07, 6.45) is 2.24. The van der Waals surface area contributed by atoms with Crippen LogP contribution in [-0.2, 0) is 15.6 Å². The highest BCUT2D eigenvalue weighted by Gasteiger charge is 2.29. The zero-order valence-corrected chi connectivity index (χ0v) is 11.6. The van der Waals surface area contributed by atoms with Crippen molar-refractivity contribution in [3.05, 3.63) is 15.5 Å². The summed E-state index contributed by atoms with van der Waals surface area (Å²) in [5, 5.41) is 2.80. The van der Waals surface area contributed by atoms with Gasteiger partial charge in [-0.1, -0.05) is 11.6 Å². The standard InChI is InChI=1S/C8H11ClN2O2S2.ClH/c9-8-11-3-6(14-8)5-15(12,13)7-1-2-10-4-7;/h3,7,10H,1-2,4-5H2;1H. The van der Waals surface area contributed by atoms with Gasteiger partial charge in [-0.15, -0.1) is 23.7 Å². The highest BCUT2D eigenvalue weighted by Crippen LogP contribution is 2.22. The Balaban J connectivity index is 0.00000128. The third-order valence-corrected chi connectivity index (χ3v) is 5.82. The first-order valence-electron chi connectivity index (χ1n) is 4.60. The van der Waals surface area contributed by atoms with Crippen LogP contribution >= 0.6 is 35.3 Å². The number of thiazole rings is 1. The van der Waals surface area contributed by atoms with Crippen molar-refractivity contribution in [2.75, 3.05) is 13.1 Å². The van der Waals surface area contributed by atoms with Crippen molar-refractivity contribution in [1.82, 2.24) is 10.3 Å². The Hall–Kier alpha value is 0.120. The largest absolute Gasteiger partial charge is 0.315 e. The number of hydrogen-bond acceptors (Lipinski definition) is 5. The van der Waals surface area contributed by atoms with Crippen molar-refractivity contribution in [1.29, 1.82) is 0 Å². The molecule has 0 amide bonds. The maximum Gasteiger partial charge on any atom is 0.183 e. The summed E-state index contributed by atoms with van der Waals surface area (Å²) in [5.41, 5.74) is 0. The van der Waals surface area contributed by atoms with Gasteiger partial charge in [-0.05, 0) is 13.0 Å². The summed E-state index contributed by atoms with van der Waals surface area (Å²) in [6.45, 7) is 1.35. The van der Waals surface area contributed by atoms with E-state index in [2.05, 4.69) is 10.3 Å². The van der Waals surface area contributed by atoms with E-state index in [0.717, 1.165) is 6.54 Å². The number of sulfone groups is 1. The molecule has 0 spiro atoms. The lowest BCUT2D eigenvalue weighted by Gasteiger charge is -2.08. The molecule has 0 aromatic carbocycles. The van der Waals surface area contributed by atoms with E-state index in [1.807, 2.05) is 0 Å². The van der Waals surface area contributed by atoms with Crippen LogP contribution in [0.15, 0.2) is 6.20 Å². The molecule has 2 heterocycles. The predicted octanol–water partition coefficient (Wildman–Crippen LogP) is 1.50. The smallest absolute Gasteiger partial charge is 0.183 e. The van der Waals surface area contributed by atoms with Crippen molar-refractivity contribution < 1.29 is 8.42 Å². The second kappa shape index (κ2) is 5.64. The van der Waals surface area contributed by atoms with Gasteiger partial charge in [-0.2, -0.15) is 0 Å². The summed E-state index contributed by atoms with van der Waals surface area (Å²) in [4.78, 5) is 4.55. The van der Waals surface area contributed by atoms with Gasteiger partial charge >= 0.3 is 0 Å². The molecular formula is C8H12Cl2N2O2S2. The molecule has 16 heavy (non-hydrogen) atoms. The summed E-state index contributed by atoms with van der Waals surface area (Å²) in [5.74, 6) is 0.0593. The lowest BCUT2D eigenvalue weighted by molar-refractivity contribution is 0.582. The SMILES string of the molecule is Cl.O=S(=O)(Cc1cnc(Cl)s1)C1CCNC1. The Morgan fingerprint density at radius 1 is 1.62 bits per heavy atom. The molecule has 1 N–H and O–H groups in total. The number of rotatable bonds is 3. The summed E-state index contributed by atoms with van der Waals surface area (Å²) in [6, 6.07) is 0. The first kappa shape index (κ1) is 14.2. The van der Waals surface area contributed by atoms with E-state index >= 15 is 0 Å². The average molecular weight is 303 g/mol. The molecule has 1 aromatic heterocycles. The molecule has 1 aliphatic heterocycles. The topological polar surface area (TPSA) is 59.1 Å². The van der Waals surface area contributed by atoms with Crippen LogP contribution < -0.4 is 5.32 Å². The van der Waals surface area contributed by atoms with Crippen LogP contribution in [0.4, 0.5) is 0 Å². The number of hydrogen-bond donors (Lipinski definition) is 1. The Morgan fingerprint density at radius 3 is 2.88 bits per heavy atom. The van der Waals surface area contributed by atoms with Gasteiger partial charge in [0.2, 0.25) is 0 Å². The van der Waals surface area contributed by atoms with Crippen molar-refractivity contribution in [2.24, 2.45) is 0 Å². The molecule has 0 bridgehead atoms. The molecular weight excluding hydrogens is 291 g/mol. The minimum atomic E-state index is -3.05. The fourth-order valence-corrected chi connectivity index (χ4v) is 4.66. The minimum Gasteiger partial charge on any atom is -0.315 e. The second-order valence-corrected chi connectivity index (χ2v) is 7.48. The molecule has 0 radical (unpaired) electrons. The number of aromatic nitrogens is 1. The maximum absolute atomic E-state index is 11.9. The zero-order valence-electron chi connectivity index (χ0n) is 8.35. The van der Waals surface area contributed by atoms with E-state index in [1.165, 1.54) is 17.5 Å². The van der Waals surface area contributed by atoms with Gasteiger partial charge < -0.3 is 5.32 Å². The average Bonchev–Trinajstić information content (AvgIpc) is 2.75.